The van der Waals surface area contributed by atoms with Crippen molar-refractivity contribution in [1.82, 2.24) is 0 Å². The Morgan fingerprint density at radius 2 is 1.78 bits per heavy atom. The highest BCUT2D eigenvalue weighted by Crippen LogP contribution is 2.67. The van der Waals surface area contributed by atoms with Crippen LogP contribution in [0.15, 0.2) is 0 Å². The Labute approximate surface area is 140 Å². The molecule has 4 saturated carbocycles. The molecule has 4 fully saturated rings. The first-order valence-electron chi connectivity index (χ1n) is 9.66. The van der Waals surface area contributed by atoms with Crippen molar-refractivity contribution < 1.29 is 10.2 Å². The number of aliphatic hydroxyl groups excluding tert-OH is 2. The van der Waals surface area contributed by atoms with E-state index in [2.05, 4.69) is 19.9 Å². The van der Waals surface area contributed by atoms with Gasteiger partial charge in [0.25, 0.3) is 0 Å². The van der Waals surface area contributed by atoms with Crippen molar-refractivity contribution in [2.45, 2.75) is 77.4 Å². The van der Waals surface area contributed by atoms with Gasteiger partial charge in [-0.25, -0.2) is 0 Å². The zero-order valence-electron chi connectivity index (χ0n) is 14.5. The molecule has 0 bridgehead atoms. The van der Waals surface area contributed by atoms with Crippen LogP contribution in [0.5, 0.6) is 0 Å². The van der Waals surface area contributed by atoms with E-state index in [9.17, 15) is 15.5 Å². The number of hydrogen-bond acceptors (Lipinski definition) is 3. The van der Waals surface area contributed by atoms with E-state index in [0.717, 1.165) is 32.1 Å². The van der Waals surface area contributed by atoms with Crippen molar-refractivity contribution in [2.75, 3.05) is 0 Å². The highest BCUT2D eigenvalue weighted by Gasteiger charge is 2.63. The lowest BCUT2D eigenvalue weighted by molar-refractivity contribution is -0.175. The van der Waals surface area contributed by atoms with E-state index in [1.54, 1.807) is 0 Å². The normalized spacial score (nSPS) is 58.7. The van der Waals surface area contributed by atoms with Gasteiger partial charge in [-0.2, -0.15) is 5.26 Å². The van der Waals surface area contributed by atoms with Gasteiger partial charge < -0.3 is 10.2 Å². The molecule has 0 aromatic carbocycles. The van der Waals surface area contributed by atoms with Crippen molar-refractivity contribution in [3.05, 3.63) is 0 Å². The second kappa shape index (κ2) is 5.20. The summed E-state index contributed by atoms with van der Waals surface area (Å²) in [6, 6.07) is 2.55. The second-order valence-electron chi connectivity index (χ2n) is 9.54. The molecule has 4 aliphatic rings. The van der Waals surface area contributed by atoms with Crippen molar-refractivity contribution in [3.8, 4) is 6.07 Å². The quantitative estimate of drug-likeness (QED) is 0.718. The Morgan fingerprint density at radius 1 is 1.00 bits per heavy atom. The number of rotatable bonds is 0. The first-order chi connectivity index (χ1) is 10.9. The number of nitriles is 1. The van der Waals surface area contributed by atoms with Crippen LogP contribution in [0.25, 0.3) is 0 Å². The maximum Gasteiger partial charge on any atom is 0.0661 e. The summed E-state index contributed by atoms with van der Waals surface area (Å²) in [5.74, 6) is 2.27. The van der Waals surface area contributed by atoms with Gasteiger partial charge >= 0.3 is 0 Å². The summed E-state index contributed by atoms with van der Waals surface area (Å²) in [6.07, 6.45) is 7.87. The van der Waals surface area contributed by atoms with E-state index in [4.69, 9.17) is 0 Å². The number of fused-ring (bicyclic) bond motifs is 5. The van der Waals surface area contributed by atoms with Gasteiger partial charge in [0.2, 0.25) is 0 Å². The standard InChI is InChI=1S/C20H31NO2/c1-19-8-7-14(22)9-12(19)3-5-15-16-6-4-13(11-21)20(16,2)10-17(23)18(15)19/h12-18,22-23H,3-10H2,1-2H3/t12-,13-,14+,15-,16-,17-,18+,19-,20+/m0/s1. The zero-order valence-corrected chi connectivity index (χ0v) is 14.5. The third kappa shape index (κ3) is 2.07. The minimum Gasteiger partial charge on any atom is -0.393 e. The Hall–Kier alpha value is -0.590. The predicted octanol–water partition coefficient (Wildman–Crippen LogP) is 3.50. The molecule has 0 aliphatic heterocycles. The van der Waals surface area contributed by atoms with Gasteiger partial charge in [0.05, 0.1) is 24.2 Å². The van der Waals surface area contributed by atoms with Gasteiger partial charge in [0.15, 0.2) is 0 Å². The van der Waals surface area contributed by atoms with Crippen molar-refractivity contribution in [1.29, 1.82) is 5.26 Å². The molecular formula is C20H31NO2. The van der Waals surface area contributed by atoms with Crippen LogP contribution in [0.2, 0.25) is 0 Å². The molecule has 3 heteroatoms. The van der Waals surface area contributed by atoms with Gasteiger partial charge in [-0.1, -0.05) is 13.8 Å². The molecule has 0 heterocycles. The molecule has 23 heavy (non-hydrogen) atoms. The summed E-state index contributed by atoms with van der Waals surface area (Å²) < 4.78 is 0. The molecule has 0 aromatic heterocycles. The van der Waals surface area contributed by atoms with Crippen LogP contribution in [-0.4, -0.2) is 22.4 Å². The van der Waals surface area contributed by atoms with Gasteiger partial charge in [-0.05, 0) is 85.9 Å². The first kappa shape index (κ1) is 15.9. The van der Waals surface area contributed by atoms with E-state index in [-0.39, 0.29) is 29.0 Å². The zero-order chi connectivity index (χ0) is 16.4. The van der Waals surface area contributed by atoms with E-state index in [0.29, 0.717) is 23.7 Å². The fourth-order valence-corrected chi connectivity index (χ4v) is 7.57. The summed E-state index contributed by atoms with van der Waals surface area (Å²) in [4.78, 5) is 0. The largest absolute Gasteiger partial charge is 0.393 e. The van der Waals surface area contributed by atoms with E-state index >= 15 is 0 Å². The molecule has 0 aromatic rings. The molecule has 0 amide bonds. The van der Waals surface area contributed by atoms with Crippen LogP contribution in [0.3, 0.4) is 0 Å². The third-order valence-electron chi connectivity index (χ3n) is 8.72. The second-order valence-corrected chi connectivity index (χ2v) is 9.54. The molecule has 0 saturated heterocycles. The van der Waals surface area contributed by atoms with Crippen LogP contribution in [0.1, 0.15) is 65.2 Å². The van der Waals surface area contributed by atoms with Crippen LogP contribution < -0.4 is 0 Å². The maximum atomic E-state index is 11.1. The van der Waals surface area contributed by atoms with Gasteiger partial charge in [-0.15, -0.1) is 0 Å². The molecule has 0 spiro atoms. The van der Waals surface area contributed by atoms with Crippen LogP contribution in [0, 0.1) is 51.8 Å². The van der Waals surface area contributed by atoms with Gasteiger partial charge in [0.1, 0.15) is 0 Å². The molecule has 4 rings (SSSR count). The van der Waals surface area contributed by atoms with Gasteiger partial charge in [-0.3, -0.25) is 0 Å². The highest BCUT2D eigenvalue weighted by molar-refractivity contribution is 5.14. The molecule has 2 N–H and O–H groups in total. The lowest BCUT2D eigenvalue weighted by Crippen LogP contribution is -2.59. The maximum absolute atomic E-state index is 11.1. The monoisotopic (exact) mass is 317 g/mol. The Balaban J connectivity index is 1.68. The topological polar surface area (TPSA) is 64.2 Å². The summed E-state index contributed by atoms with van der Waals surface area (Å²) in [5, 5.41) is 30.8. The molecule has 4 aliphatic carbocycles. The summed E-state index contributed by atoms with van der Waals surface area (Å²) >= 11 is 0. The highest BCUT2D eigenvalue weighted by atomic mass is 16.3. The lowest BCUT2D eigenvalue weighted by Gasteiger charge is -2.62. The summed E-state index contributed by atoms with van der Waals surface area (Å²) in [6.45, 7) is 4.67. The Kier molecular flexibility index (Phi) is 3.60. The number of hydrogen-bond donors (Lipinski definition) is 2. The first-order valence-corrected chi connectivity index (χ1v) is 9.66. The molecule has 0 unspecified atom stereocenters. The fraction of sp³-hybridized carbons (Fsp3) is 0.950. The Bertz CT molecular complexity index is 528. The van der Waals surface area contributed by atoms with E-state index < -0.39 is 0 Å². The fourth-order valence-electron chi connectivity index (χ4n) is 7.57. The van der Waals surface area contributed by atoms with Crippen molar-refractivity contribution in [2.24, 2.45) is 40.4 Å². The minimum absolute atomic E-state index is 0.0205. The SMILES string of the molecule is C[C@]12CC[C@@H](O)C[C@@H]1CC[C@@H]1[C@@H]2[C@@H](O)C[C@]2(C)[C@H](C#N)CC[C@@H]12. The Morgan fingerprint density at radius 3 is 2.52 bits per heavy atom. The molecule has 0 radical (unpaired) electrons. The minimum atomic E-state index is -0.266. The van der Waals surface area contributed by atoms with Crippen molar-refractivity contribution >= 4 is 0 Å². The van der Waals surface area contributed by atoms with Crippen LogP contribution in [0.4, 0.5) is 0 Å². The lowest BCUT2D eigenvalue weighted by atomic mass is 9.44. The average Bonchev–Trinajstić information content (AvgIpc) is 2.83. The molecule has 128 valence electrons. The van der Waals surface area contributed by atoms with Gasteiger partial charge in [0, 0.05) is 0 Å². The van der Waals surface area contributed by atoms with Crippen LogP contribution in [-0.2, 0) is 0 Å². The third-order valence-corrected chi connectivity index (χ3v) is 8.72. The van der Waals surface area contributed by atoms with Crippen molar-refractivity contribution in [3.63, 3.8) is 0 Å². The molecule has 9 atom stereocenters. The average molecular weight is 317 g/mol. The summed E-state index contributed by atoms with van der Waals surface area (Å²) in [7, 11) is 0. The predicted molar refractivity (Wildman–Crippen MR) is 88.2 cm³/mol. The molecule has 3 nitrogen and oxygen atoms in total. The molecular weight excluding hydrogens is 286 g/mol. The van der Waals surface area contributed by atoms with Crippen LogP contribution >= 0.6 is 0 Å². The number of aliphatic hydroxyl groups is 2. The summed E-state index contributed by atoms with van der Waals surface area (Å²) in [5.41, 5.74) is 0.209. The smallest absolute Gasteiger partial charge is 0.0661 e. The van der Waals surface area contributed by atoms with E-state index in [1.807, 2.05) is 0 Å². The van der Waals surface area contributed by atoms with E-state index in [1.165, 1.54) is 19.3 Å². The number of nitrogens with zero attached hydrogens (tertiary/aromatic N) is 1.